The Morgan fingerprint density at radius 1 is 1.25 bits per heavy atom. The number of aryl methyl sites for hydroxylation is 2. The molecular formula is C30H30ClFN6O2. The molecule has 206 valence electrons. The van der Waals surface area contributed by atoms with Crippen molar-refractivity contribution in [3.05, 3.63) is 59.3 Å². The van der Waals surface area contributed by atoms with E-state index in [1.807, 2.05) is 40.0 Å². The summed E-state index contributed by atoms with van der Waals surface area (Å²) in [6, 6.07) is 5.37. The Labute approximate surface area is 237 Å². The minimum Gasteiger partial charge on any atom is -0.372 e. The average molecular weight is 561 g/mol. The van der Waals surface area contributed by atoms with Gasteiger partial charge in [-0.25, -0.2) is 14.4 Å². The maximum Gasteiger partial charge on any atom is 0.246 e. The molecule has 2 aromatic heterocycles. The van der Waals surface area contributed by atoms with Crippen LogP contribution in [0.3, 0.4) is 0 Å². The summed E-state index contributed by atoms with van der Waals surface area (Å²) in [4.78, 5) is 25.6. The topological polar surface area (TPSA) is 76.4 Å². The van der Waals surface area contributed by atoms with Gasteiger partial charge in [-0.05, 0) is 44.4 Å². The van der Waals surface area contributed by atoms with Crippen LogP contribution in [0.15, 0.2) is 37.1 Å². The van der Waals surface area contributed by atoms with Gasteiger partial charge in [0.15, 0.2) is 5.82 Å². The first-order chi connectivity index (χ1) is 19.2. The van der Waals surface area contributed by atoms with Crippen molar-refractivity contribution in [1.29, 1.82) is 0 Å². The van der Waals surface area contributed by atoms with Crippen molar-refractivity contribution in [2.45, 2.75) is 32.9 Å². The number of ether oxygens (including phenoxy) is 1. The highest BCUT2D eigenvalue weighted by atomic mass is 35.5. The highest BCUT2D eigenvalue weighted by Crippen LogP contribution is 2.42. The van der Waals surface area contributed by atoms with Crippen molar-refractivity contribution < 1.29 is 13.9 Å². The zero-order valence-corrected chi connectivity index (χ0v) is 23.9. The van der Waals surface area contributed by atoms with Crippen molar-refractivity contribution in [3.63, 3.8) is 0 Å². The van der Waals surface area contributed by atoms with Crippen LogP contribution in [0.4, 0.5) is 10.2 Å². The van der Waals surface area contributed by atoms with Crippen LogP contribution in [0, 0.1) is 24.6 Å². The number of methoxy groups -OCH3 is 1. The number of hydrogen-bond acceptors (Lipinski definition) is 6. The van der Waals surface area contributed by atoms with E-state index in [0.717, 1.165) is 16.5 Å². The van der Waals surface area contributed by atoms with Gasteiger partial charge in [-0.3, -0.25) is 9.48 Å². The standard InChI is InChI=1S/C30H30ClFN6O2/c1-7-24(39)37-15-19(4)38(16-18(37)3)30-21-13-22(31)26(25-17(2)10-11-20-14-33-36(5)29(20)25)27(32)28(21)34-23(35-30)9-8-12-40-6/h7,10-11,13-14,18-19H,1,12,15-16H2,2-6H3/t18-,19+/m1/s1. The number of rotatable bonds is 4. The zero-order chi connectivity index (χ0) is 28.7. The molecule has 1 saturated heterocycles. The average Bonchev–Trinajstić information content (AvgIpc) is 3.31. The lowest BCUT2D eigenvalue weighted by Crippen LogP contribution is -2.58. The molecule has 0 spiro atoms. The third kappa shape index (κ3) is 4.67. The number of fused-ring (bicyclic) bond motifs is 2. The van der Waals surface area contributed by atoms with E-state index in [2.05, 4.69) is 33.4 Å². The Balaban J connectivity index is 1.75. The minimum absolute atomic E-state index is 0.120. The van der Waals surface area contributed by atoms with E-state index in [1.165, 1.54) is 6.08 Å². The molecule has 2 aromatic carbocycles. The van der Waals surface area contributed by atoms with E-state index in [-0.39, 0.29) is 46.5 Å². The lowest BCUT2D eigenvalue weighted by atomic mass is 9.95. The molecule has 0 bridgehead atoms. The van der Waals surface area contributed by atoms with Crippen LogP contribution in [0.2, 0.25) is 5.02 Å². The number of anilines is 1. The van der Waals surface area contributed by atoms with Crippen molar-refractivity contribution in [2.24, 2.45) is 7.05 Å². The fourth-order valence-electron chi connectivity index (χ4n) is 5.40. The Morgan fingerprint density at radius 2 is 2.02 bits per heavy atom. The van der Waals surface area contributed by atoms with E-state index in [0.29, 0.717) is 29.9 Å². The van der Waals surface area contributed by atoms with Crippen LogP contribution in [0.1, 0.15) is 25.2 Å². The van der Waals surface area contributed by atoms with Gasteiger partial charge in [0.2, 0.25) is 11.7 Å². The molecule has 0 saturated carbocycles. The number of aromatic nitrogens is 4. The van der Waals surface area contributed by atoms with Crippen LogP contribution in [-0.2, 0) is 16.6 Å². The molecule has 1 fully saturated rings. The first-order valence-corrected chi connectivity index (χ1v) is 13.3. The molecule has 1 amide bonds. The molecule has 1 aliphatic heterocycles. The van der Waals surface area contributed by atoms with Crippen LogP contribution >= 0.6 is 11.6 Å². The number of halogens is 2. The Bertz CT molecular complexity index is 1720. The SMILES string of the molecule is C=CC(=O)N1C[C@H](C)N(c2nc(C#CCOC)nc3c(F)c(-c4c(C)ccc5cnn(C)c45)c(Cl)cc23)C[C@H]1C. The van der Waals surface area contributed by atoms with E-state index in [1.54, 1.807) is 29.0 Å². The maximum atomic E-state index is 16.7. The predicted octanol–water partition coefficient (Wildman–Crippen LogP) is 4.89. The lowest BCUT2D eigenvalue weighted by molar-refractivity contribution is -0.128. The fourth-order valence-corrected chi connectivity index (χ4v) is 5.69. The molecule has 0 N–H and O–H groups in total. The second kappa shape index (κ2) is 10.9. The van der Waals surface area contributed by atoms with Gasteiger partial charge < -0.3 is 14.5 Å². The third-order valence-corrected chi connectivity index (χ3v) is 7.65. The lowest BCUT2D eigenvalue weighted by Gasteiger charge is -2.44. The van der Waals surface area contributed by atoms with Gasteiger partial charge in [0.05, 0.1) is 16.7 Å². The van der Waals surface area contributed by atoms with Crippen molar-refractivity contribution in [2.75, 3.05) is 31.7 Å². The summed E-state index contributed by atoms with van der Waals surface area (Å²) in [5.41, 5.74) is 2.67. The fraction of sp³-hybridized carbons (Fsp3) is 0.333. The number of carbonyl (C=O) groups is 1. The molecule has 3 heterocycles. The third-order valence-electron chi connectivity index (χ3n) is 7.36. The molecule has 0 radical (unpaired) electrons. The Hall–Kier alpha value is -4.00. The van der Waals surface area contributed by atoms with Gasteiger partial charge in [0, 0.05) is 61.2 Å². The second-order valence-corrected chi connectivity index (χ2v) is 10.5. The van der Waals surface area contributed by atoms with Crippen LogP contribution in [0.5, 0.6) is 0 Å². The van der Waals surface area contributed by atoms with Crippen molar-refractivity contribution >= 4 is 45.1 Å². The van der Waals surface area contributed by atoms with E-state index >= 15 is 4.39 Å². The van der Waals surface area contributed by atoms with Gasteiger partial charge in [-0.15, -0.1) is 0 Å². The van der Waals surface area contributed by atoms with E-state index in [4.69, 9.17) is 21.3 Å². The number of piperazine rings is 1. The summed E-state index contributed by atoms with van der Waals surface area (Å²) in [5.74, 6) is 5.78. The maximum absolute atomic E-state index is 16.7. The number of hydrogen-bond donors (Lipinski definition) is 0. The van der Waals surface area contributed by atoms with Gasteiger partial charge >= 0.3 is 0 Å². The monoisotopic (exact) mass is 560 g/mol. The van der Waals surface area contributed by atoms with Crippen LogP contribution < -0.4 is 4.90 Å². The Morgan fingerprint density at radius 3 is 2.75 bits per heavy atom. The van der Waals surface area contributed by atoms with Gasteiger partial charge in [0.1, 0.15) is 17.9 Å². The summed E-state index contributed by atoms with van der Waals surface area (Å²) in [6.45, 7) is 10.6. The van der Waals surface area contributed by atoms with Crippen LogP contribution in [-0.4, -0.2) is 69.4 Å². The Kier molecular flexibility index (Phi) is 7.49. The molecule has 5 rings (SSSR count). The molecule has 0 unspecified atom stereocenters. The number of amides is 1. The largest absolute Gasteiger partial charge is 0.372 e. The van der Waals surface area contributed by atoms with E-state index < -0.39 is 5.82 Å². The number of carbonyl (C=O) groups excluding carboxylic acids is 1. The molecule has 40 heavy (non-hydrogen) atoms. The normalized spacial score (nSPS) is 17.3. The summed E-state index contributed by atoms with van der Waals surface area (Å²) in [5, 5.41) is 5.96. The molecule has 8 nitrogen and oxygen atoms in total. The summed E-state index contributed by atoms with van der Waals surface area (Å²) in [7, 11) is 3.37. The van der Waals surface area contributed by atoms with Crippen LogP contribution in [0.25, 0.3) is 32.9 Å². The summed E-state index contributed by atoms with van der Waals surface area (Å²) in [6.07, 6.45) is 3.07. The highest BCUT2D eigenvalue weighted by Gasteiger charge is 2.34. The quantitative estimate of drug-likeness (QED) is 0.261. The van der Waals surface area contributed by atoms with Crippen molar-refractivity contribution in [3.8, 4) is 23.0 Å². The second-order valence-electron chi connectivity index (χ2n) is 10.1. The van der Waals surface area contributed by atoms with Gasteiger partial charge in [-0.2, -0.15) is 5.10 Å². The smallest absolute Gasteiger partial charge is 0.246 e. The number of benzene rings is 2. The molecular weight excluding hydrogens is 531 g/mol. The summed E-state index contributed by atoms with van der Waals surface area (Å²) >= 11 is 6.88. The molecule has 4 aromatic rings. The van der Waals surface area contributed by atoms with Gasteiger partial charge in [0.25, 0.3) is 0 Å². The highest BCUT2D eigenvalue weighted by molar-refractivity contribution is 6.35. The minimum atomic E-state index is -0.557. The molecule has 0 aliphatic carbocycles. The first kappa shape index (κ1) is 27.6. The van der Waals surface area contributed by atoms with Crippen molar-refractivity contribution in [1.82, 2.24) is 24.6 Å². The zero-order valence-electron chi connectivity index (χ0n) is 23.1. The predicted molar refractivity (Wildman–Crippen MR) is 156 cm³/mol. The van der Waals surface area contributed by atoms with E-state index in [9.17, 15) is 4.79 Å². The molecule has 10 heteroatoms. The van der Waals surface area contributed by atoms with Gasteiger partial charge in [-0.1, -0.05) is 36.2 Å². The summed E-state index contributed by atoms with van der Waals surface area (Å²) < 4.78 is 23.5. The molecule has 1 aliphatic rings. The number of nitrogens with zero attached hydrogens (tertiary/aromatic N) is 6. The first-order valence-electron chi connectivity index (χ1n) is 12.9. The molecule has 2 atom stereocenters.